The summed E-state index contributed by atoms with van der Waals surface area (Å²) in [5.74, 6) is 0. The van der Waals surface area contributed by atoms with Gasteiger partial charge < -0.3 is 11.2 Å². The number of pyridine rings is 1. The first-order valence-electron chi connectivity index (χ1n) is 3.07. The third-order valence-corrected chi connectivity index (χ3v) is 1.16. The van der Waals surface area contributed by atoms with Crippen LogP contribution >= 0.6 is 0 Å². The summed E-state index contributed by atoms with van der Waals surface area (Å²) in [6.45, 7) is 1.61. The second kappa shape index (κ2) is 4.90. The Morgan fingerprint density at radius 3 is 2.20 bits per heavy atom. The molecule has 0 aliphatic carbocycles. The molecule has 3 nitrogen and oxygen atoms in total. The Morgan fingerprint density at radius 1 is 1.10 bits per heavy atom. The number of hydrogen-bond acceptors (Lipinski definition) is 2. The van der Waals surface area contributed by atoms with Crippen molar-refractivity contribution >= 4 is 0 Å². The highest BCUT2D eigenvalue weighted by Crippen LogP contribution is 1.74. The Bertz CT molecular complexity index is 165. The van der Waals surface area contributed by atoms with Gasteiger partial charge in [-0.15, -0.1) is 0 Å². The fourth-order valence-electron chi connectivity index (χ4n) is 0.732. The van der Waals surface area contributed by atoms with E-state index in [2.05, 4.69) is 4.57 Å². The molecule has 10 heavy (non-hydrogen) atoms. The number of nitrogens with zero attached hydrogens (tertiary/aromatic N) is 1. The first-order chi connectivity index (χ1) is 4.43. The maximum Gasteiger partial charge on any atom is 0.168 e. The Balaban J connectivity index is 0.000000810. The third-order valence-electron chi connectivity index (χ3n) is 1.16. The van der Waals surface area contributed by atoms with E-state index in [9.17, 15) is 0 Å². The Labute approximate surface area is 60.4 Å². The number of nitrogens with two attached hydrogens (primary N) is 1. The molecule has 0 fully saturated rings. The molecule has 0 aliphatic heterocycles. The van der Waals surface area contributed by atoms with Crippen LogP contribution in [0.2, 0.25) is 0 Å². The van der Waals surface area contributed by atoms with Crippen LogP contribution in [-0.4, -0.2) is 12.0 Å². The van der Waals surface area contributed by atoms with E-state index in [-0.39, 0.29) is 5.48 Å². The average Bonchev–Trinajstić information content (AvgIpc) is 1.91. The molecule has 56 valence electrons. The van der Waals surface area contributed by atoms with E-state index in [1.54, 1.807) is 0 Å². The summed E-state index contributed by atoms with van der Waals surface area (Å²) >= 11 is 0. The fraction of sp³-hybridized carbons (Fsp3) is 0.286. The molecule has 1 heterocycles. The lowest BCUT2D eigenvalue weighted by molar-refractivity contribution is -0.694. The molecule has 1 aromatic heterocycles. The van der Waals surface area contributed by atoms with Crippen molar-refractivity contribution in [3.05, 3.63) is 30.6 Å². The number of aromatic nitrogens is 1. The van der Waals surface area contributed by atoms with Crippen molar-refractivity contribution in [3.63, 3.8) is 0 Å². The van der Waals surface area contributed by atoms with Crippen LogP contribution < -0.4 is 10.3 Å². The van der Waals surface area contributed by atoms with Crippen molar-refractivity contribution in [2.24, 2.45) is 5.73 Å². The van der Waals surface area contributed by atoms with Gasteiger partial charge in [0.15, 0.2) is 18.9 Å². The van der Waals surface area contributed by atoms with E-state index in [1.807, 2.05) is 30.6 Å². The predicted octanol–water partition coefficient (Wildman–Crippen LogP) is -0.244. The van der Waals surface area contributed by atoms with Crippen molar-refractivity contribution in [1.82, 2.24) is 0 Å². The number of rotatable bonds is 2. The maximum atomic E-state index is 5.34. The fourth-order valence-corrected chi connectivity index (χ4v) is 0.732. The molecule has 0 aliphatic rings. The summed E-state index contributed by atoms with van der Waals surface area (Å²) in [5, 5.41) is 0. The van der Waals surface area contributed by atoms with E-state index in [0.717, 1.165) is 6.54 Å². The first-order valence-corrected chi connectivity index (χ1v) is 3.07. The van der Waals surface area contributed by atoms with E-state index >= 15 is 0 Å². The van der Waals surface area contributed by atoms with Crippen LogP contribution in [-0.2, 0) is 6.54 Å². The minimum Gasteiger partial charge on any atom is -0.870 e. The van der Waals surface area contributed by atoms with Crippen molar-refractivity contribution in [2.75, 3.05) is 6.54 Å². The van der Waals surface area contributed by atoms with Crippen LogP contribution in [0.3, 0.4) is 0 Å². The average molecular weight is 140 g/mol. The van der Waals surface area contributed by atoms with Gasteiger partial charge in [0.05, 0.1) is 6.54 Å². The van der Waals surface area contributed by atoms with Crippen LogP contribution in [0, 0.1) is 0 Å². The second-order valence-electron chi connectivity index (χ2n) is 1.90. The Morgan fingerprint density at radius 2 is 1.70 bits per heavy atom. The van der Waals surface area contributed by atoms with Crippen LogP contribution in [0.15, 0.2) is 30.6 Å². The lowest BCUT2D eigenvalue weighted by atomic mass is 10.5. The lowest BCUT2D eigenvalue weighted by Crippen LogP contribution is -2.36. The van der Waals surface area contributed by atoms with Gasteiger partial charge in [0.1, 0.15) is 0 Å². The first kappa shape index (κ1) is 9.07. The largest absolute Gasteiger partial charge is 0.870 e. The molecule has 0 unspecified atom stereocenters. The summed E-state index contributed by atoms with van der Waals surface area (Å²) in [5.41, 5.74) is 5.34. The highest BCUT2D eigenvalue weighted by atomic mass is 16.0. The Kier molecular flexibility index (Phi) is 4.45. The van der Waals surface area contributed by atoms with Crippen LogP contribution in [0.25, 0.3) is 0 Å². The zero-order chi connectivity index (χ0) is 6.53. The zero-order valence-corrected chi connectivity index (χ0v) is 5.77. The summed E-state index contributed by atoms with van der Waals surface area (Å²) < 4.78 is 2.06. The van der Waals surface area contributed by atoms with E-state index in [1.165, 1.54) is 0 Å². The van der Waals surface area contributed by atoms with E-state index in [0.29, 0.717) is 6.54 Å². The third kappa shape index (κ3) is 2.57. The SMILES string of the molecule is NCC[n+]1ccccc1.[OH-]. The summed E-state index contributed by atoms with van der Waals surface area (Å²) in [6.07, 6.45) is 4.01. The minimum absolute atomic E-state index is 0. The molecular weight excluding hydrogens is 128 g/mol. The highest BCUT2D eigenvalue weighted by Gasteiger charge is 1.90. The van der Waals surface area contributed by atoms with E-state index in [4.69, 9.17) is 5.73 Å². The van der Waals surface area contributed by atoms with Crippen LogP contribution in [0.4, 0.5) is 0 Å². The second-order valence-corrected chi connectivity index (χ2v) is 1.90. The molecule has 3 N–H and O–H groups in total. The van der Waals surface area contributed by atoms with Gasteiger partial charge in [0.2, 0.25) is 0 Å². The molecule has 0 saturated heterocycles. The number of hydrogen-bond donors (Lipinski definition) is 1. The van der Waals surface area contributed by atoms with Crippen molar-refractivity contribution in [1.29, 1.82) is 0 Å². The normalized spacial score (nSPS) is 8.50. The van der Waals surface area contributed by atoms with Gasteiger partial charge in [0, 0.05) is 12.1 Å². The van der Waals surface area contributed by atoms with Gasteiger partial charge in [-0.1, -0.05) is 6.07 Å². The molecule has 3 heteroatoms. The molecule has 0 radical (unpaired) electrons. The monoisotopic (exact) mass is 140 g/mol. The van der Waals surface area contributed by atoms with Crippen molar-refractivity contribution in [3.8, 4) is 0 Å². The molecular formula is C7H12N2O. The summed E-state index contributed by atoms with van der Waals surface area (Å²) in [7, 11) is 0. The standard InChI is InChI=1S/C7H11N2.H2O/c8-4-7-9-5-2-1-3-6-9;/h1-3,5-6H,4,7-8H2;1H2/q+1;/p-1. The van der Waals surface area contributed by atoms with E-state index < -0.39 is 0 Å². The van der Waals surface area contributed by atoms with Crippen molar-refractivity contribution < 1.29 is 10.0 Å². The predicted molar refractivity (Wildman–Crippen MR) is 37.6 cm³/mol. The molecule has 0 bridgehead atoms. The van der Waals surface area contributed by atoms with Gasteiger partial charge in [-0.25, -0.2) is 4.57 Å². The van der Waals surface area contributed by atoms with Crippen molar-refractivity contribution in [2.45, 2.75) is 6.54 Å². The van der Waals surface area contributed by atoms with Crippen LogP contribution in [0.1, 0.15) is 0 Å². The molecule has 1 rings (SSSR count). The Hall–Kier alpha value is -0.930. The minimum atomic E-state index is 0. The lowest BCUT2D eigenvalue weighted by Gasteiger charge is -1.89. The topological polar surface area (TPSA) is 59.9 Å². The van der Waals surface area contributed by atoms with Gasteiger partial charge in [-0.05, 0) is 0 Å². The molecule has 0 saturated carbocycles. The molecule has 1 aromatic rings. The van der Waals surface area contributed by atoms with Crippen LogP contribution in [0.5, 0.6) is 0 Å². The molecule has 0 spiro atoms. The van der Waals surface area contributed by atoms with Gasteiger partial charge >= 0.3 is 0 Å². The van der Waals surface area contributed by atoms with Gasteiger partial charge in [-0.3, -0.25) is 0 Å². The summed E-state index contributed by atoms with van der Waals surface area (Å²) in [6, 6.07) is 5.98. The maximum absolute atomic E-state index is 5.34. The summed E-state index contributed by atoms with van der Waals surface area (Å²) in [4.78, 5) is 0. The smallest absolute Gasteiger partial charge is 0.168 e. The molecule has 0 amide bonds. The molecule has 0 atom stereocenters. The van der Waals surface area contributed by atoms with Gasteiger partial charge in [-0.2, -0.15) is 0 Å². The van der Waals surface area contributed by atoms with Gasteiger partial charge in [0.25, 0.3) is 0 Å². The highest BCUT2D eigenvalue weighted by molar-refractivity contribution is 4.83. The molecule has 0 aromatic carbocycles. The zero-order valence-electron chi connectivity index (χ0n) is 5.77. The quantitative estimate of drug-likeness (QED) is 0.576.